The maximum atomic E-state index is 11.8. The molecular weight excluding hydrogens is 188 g/mol. The molecule has 0 aromatic rings. The fourth-order valence-electron chi connectivity index (χ4n) is 1.97. The van der Waals surface area contributed by atoms with E-state index in [1.54, 1.807) is 0 Å². The molecule has 0 radical (unpaired) electrons. The zero-order valence-corrected chi connectivity index (χ0v) is 10.5. The monoisotopic (exact) mass is 212 g/mol. The van der Waals surface area contributed by atoms with Crippen molar-refractivity contribution in [3.05, 3.63) is 0 Å². The summed E-state index contributed by atoms with van der Waals surface area (Å²) in [6.45, 7) is 8.51. The minimum Gasteiger partial charge on any atom is -0.342 e. The lowest BCUT2D eigenvalue weighted by atomic mass is 10.2. The van der Waals surface area contributed by atoms with Crippen LogP contribution >= 0.6 is 0 Å². The topological polar surface area (TPSA) is 23.6 Å². The lowest BCUT2D eigenvalue weighted by molar-refractivity contribution is -0.132. The molecule has 1 amide bonds. The third-order valence-corrected chi connectivity index (χ3v) is 3.50. The Balaban J connectivity index is 2.35. The molecule has 0 saturated heterocycles. The van der Waals surface area contributed by atoms with Crippen molar-refractivity contribution in [2.24, 2.45) is 5.92 Å². The Labute approximate surface area is 93.4 Å². The predicted molar refractivity (Wildman–Crippen MR) is 62.7 cm³/mol. The summed E-state index contributed by atoms with van der Waals surface area (Å²) in [6, 6.07) is 0.560. The first kappa shape index (κ1) is 12.5. The SMILES string of the molecule is CCN(CC)C(=O)CN(C)C(C)C1CC1. The van der Waals surface area contributed by atoms with Gasteiger partial charge in [0.25, 0.3) is 0 Å². The molecule has 1 aliphatic carbocycles. The lowest BCUT2D eigenvalue weighted by Gasteiger charge is -2.27. The van der Waals surface area contributed by atoms with Gasteiger partial charge in [-0.15, -0.1) is 0 Å². The Morgan fingerprint density at radius 3 is 2.27 bits per heavy atom. The van der Waals surface area contributed by atoms with Crippen LogP contribution in [0.1, 0.15) is 33.6 Å². The van der Waals surface area contributed by atoms with Gasteiger partial charge >= 0.3 is 0 Å². The van der Waals surface area contributed by atoms with Crippen LogP contribution in [0.2, 0.25) is 0 Å². The first-order valence-corrected chi connectivity index (χ1v) is 6.08. The normalized spacial score (nSPS) is 17.9. The molecule has 0 spiro atoms. The Morgan fingerprint density at radius 1 is 1.33 bits per heavy atom. The number of hydrogen-bond donors (Lipinski definition) is 0. The molecule has 1 rings (SSSR count). The number of carbonyl (C=O) groups excluding carboxylic acids is 1. The number of rotatable bonds is 6. The minimum atomic E-state index is 0.259. The van der Waals surface area contributed by atoms with Crippen molar-refractivity contribution in [1.29, 1.82) is 0 Å². The van der Waals surface area contributed by atoms with Gasteiger partial charge < -0.3 is 4.90 Å². The van der Waals surface area contributed by atoms with Gasteiger partial charge in [0.2, 0.25) is 5.91 Å². The molecule has 1 atom stereocenters. The predicted octanol–water partition coefficient (Wildman–Crippen LogP) is 1.59. The van der Waals surface area contributed by atoms with Gasteiger partial charge in [0.1, 0.15) is 0 Å². The van der Waals surface area contributed by atoms with E-state index in [4.69, 9.17) is 0 Å². The molecule has 0 bridgehead atoms. The molecule has 0 aliphatic heterocycles. The Hall–Kier alpha value is -0.570. The third kappa shape index (κ3) is 3.49. The zero-order chi connectivity index (χ0) is 11.4. The molecule has 15 heavy (non-hydrogen) atoms. The van der Waals surface area contributed by atoms with Crippen LogP contribution in [0.25, 0.3) is 0 Å². The third-order valence-electron chi connectivity index (χ3n) is 3.50. The van der Waals surface area contributed by atoms with E-state index in [9.17, 15) is 4.79 Å². The van der Waals surface area contributed by atoms with Crippen LogP contribution in [0.4, 0.5) is 0 Å². The first-order valence-electron chi connectivity index (χ1n) is 6.08. The highest BCUT2D eigenvalue weighted by Gasteiger charge is 2.31. The van der Waals surface area contributed by atoms with Crippen LogP contribution in [0.15, 0.2) is 0 Å². The lowest BCUT2D eigenvalue weighted by Crippen LogP contribution is -2.42. The molecule has 1 aliphatic rings. The highest BCUT2D eigenvalue weighted by atomic mass is 16.2. The van der Waals surface area contributed by atoms with Gasteiger partial charge in [-0.05, 0) is 46.6 Å². The highest BCUT2D eigenvalue weighted by molar-refractivity contribution is 5.78. The summed E-state index contributed by atoms with van der Waals surface area (Å²) < 4.78 is 0. The maximum Gasteiger partial charge on any atom is 0.236 e. The summed E-state index contributed by atoms with van der Waals surface area (Å²) in [5.41, 5.74) is 0. The molecule has 0 heterocycles. The Kier molecular flexibility index (Phi) is 4.58. The molecule has 0 aromatic heterocycles. The molecule has 1 unspecified atom stereocenters. The second-order valence-electron chi connectivity index (χ2n) is 4.56. The fourth-order valence-corrected chi connectivity index (χ4v) is 1.97. The molecule has 88 valence electrons. The van der Waals surface area contributed by atoms with E-state index in [1.165, 1.54) is 12.8 Å². The Bertz CT molecular complexity index is 210. The van der Waals surface area contributed by atoms with Crippen molar-refractivity contribution < 1.29 is 4.79 Å². The van der Waals surface area contributed by atoms with Gasteiger partial charge in [0, 0.05) is 19.1 Å². The second kappa shape index (κ2) is 5.50. The molecule has 3 nitrogen and oxygen atoms in total. The number of likely N-dealkylation sites (N-methyl/N-ethyl adjacent to an activating group) is 2. The van der Waals surface area contributed by atoms with E-state index in [0.29, 0.717) is 12.6 Å². The van der Waals surface area contributed by atoms with Gasteiger partial charge in [0.15, 0.2) is 0 Å². The molecule has 1 fully saturated rings. The van der Waals surface area contributed by atoms with Crippen LogP contribution in [0, 0.1) is 5.92 Å². The van der Waals surface area contributed by atoms with Crippen LogP contribution in [0.5, 0.6) is 0 Å². The second-order valence-corrected chi connectivity index (χ2v) is 4.56. The van der Waals surface area contributed by atoms with E-state index >= 15 is 0 Å². The van der Waals surface area contributed by atoms with Gasteiger partial charge in [-0.1, -0.05) is 0 Å². The van der Waals surface area contributed by atoms with Gasteiger partial charge in [-0.3, -0.25) is 9.69 Å². The average molecular weight is 212 g/mol. The van der Waals surface area contributed by atoms with Crippen molar-refractivity contribution in [3.63, 3.8) is 0 Å². The van der Waals surface area contributed by atoms with Gasteiger partial charge in [-0.25, -0.2) is 0 Å². The van der Waals surface area contributed by atoms with Crippen molar-refractivity contribution in [1.82, 2.24) is 9.80 Å². The number of amides is 1. The van der Waals surface area contributed by atoms with E-state index in [-0.39, 0.29) is 5.91 Å². The van der Waals surface area contributed by atoms with Crippen molar-refractivity contribution in [2.75, 3.05) is 26.7 Å². The fraction of sp³-hybridized carbons (Fsp3) is 0.917. The van der Waals surface area contributed by atoms with Crippen LogP contribution in [0.3, 0.4) is 0 Å². The number of nitrogens with zero attached hydrogens (tertiary/aromatic N) is 2. The maximum absolute atomic E-state index is 11.8. The van der Waals surface area contributed by atoms with Crippen molar-refractivity contribution in [2.45, 2.75) is 39.7 Å². The van der Waals surface area contributed by atoms with Crippen LogP contribution < -0.4 is 0 Å². The summed E-state index contributed by atoms with van der Waals surface area (Å²) in [5, 5.41) is 0. The molecular formula is C12H24N2O. The summed E-state index contributed by atoms with van der Waals surface area (Å²) in [6.07, 6.45) is 2.68. The van der Waals surface area contributed by atoms with Crippen LogP contribution in [-0.2, 0) is 4.79 Å². The standard InChI is InChI=1S/C12H24N2O/c1-5-14(6-2)12(15)9-13(4)10(3)11-7-8-11/h10-11H,5-9H2,1-4H3. The average Bonchev–Trinajstić information content (AvgIpc) is 3.01. The largest absolute Gasteiger partial charge is 0.342 e. The van der Waals surface area contributed by atoms with E-state index in [0.717, 1.165) is 19.0 Å². The quantitative estimate of drug-likeness (QED) is 0.667. The summed E-state index contributed by atoms with van der Waals surface area (Å²) >= 11 is 0. The van der Waals surface area contributed by atoms with Gasteiger partial charge in [0.05, 0.1) is 6.54 Å². The van der Waals surface area contributed by atoms with Gasteiger partial charge in [-0.2, -0.15) is 0 Å². The van der Waals surface area contributed by atoms with Crippen LogP contribution in [-0.4, -0.2) is 48.4 Å². The minimum absolute atomic E-state index is 0.259. The number of carbonyl (C=O) groups is 1. The Morgan fingerprint density at radius 2 is 1.87 bits per heavy atom. The molecule has 0 aromatic carbocycles. The van der Waals surface area contributed by atoms with E-state index in [2.05, 4.69) is 18.9 Å². The molecule has 1 saturated carbocycles. The highest BCUT2D eigenvalue weighted by Crippen LogP contribution is 2.34. The smallest absolute Gasteiger partial charge is 0.236 e. The molecule has 3 heteroatoms. The summed E-state index contributed by atoms with van der Waals surface area (Å²) in [5.74, 6) is 1.09. The van der Waals surface area contributed by atoms with Crippen molar-refractivity contribution >= 4 is 5.91 Å². The first-order chi connectivity index (χ1) is 7.10. The number of hydrogen-bond acceptors (Lipinski definition) is 2. The molecule has 0 N–H and O–H groups in total. The summed E-state index contributed by atoms with van der Waals surface area (Å²) in [7, 11) is 2.06. The van der Waals surface area contributed by atoms with E-state index in [1.807, 2.05) is 18.7 Å². The zero-order valence-electron chi connectivity index (χ0n) is 10.5. The van der Waals surface area contributed by atoms with E-state index < -0.39 is 0 Å². The van der Waals surface area contributed by atoms with Crippen molar-refractivity contribution in [3.8, 4) is 0 Å². The summed E-state index contributed by atoms with van der Waals surface area (Å²) in [4.78, 5) is 15.9.